The van der Waals surface area contributed by atoms with Gasteiger partial charge in [0.15, 0.2) is 5.84 Å². The maximum absolute atomic E-state index is 12.9. The van der Waals surface area contributed by atoms with Crippen LogP contribution >= 0.6 is 0 Å². The molecule has 0 fully saturated rings. The van der Waals surface area contributed by atoms with E-state index in [9.17, 15) is 13.2 Å². The summed E-state index contributed by atoms with van der Waals surface area (Å²) in [5, 5.41) is 7.28. The minimum atomic E-state index is -4.44. The van der Waals surface area contributed by atoms with Crippen LogP contribution in [0.5, 0.6) is 0 Å². The molecule has 2 aromatic rings. The predicted molar refractivity (Wildman–Crippen MR) is 99.6 cm³/mol. The Labute approximate surface area is 155 Å². The van der Waals surface area contributed by atoms with E-state index in [-0.39, 0.29) is 17.0 Å². The Hall–Kier alpha value is -2.62. The Morgan fingerprint density at radius 2 is 1.93 bits per heavy atom. The molecule has 10 heteroatoms. The van der Waals surface area contributed by atoms with Crippen molar-refractivity contribution >= 4 is 22.6 Å². The second-order valence-corrected chi connectivity index (χ2v) is 7.41. The van der Waals surface area contributed by atoms with E-state index < -0.39 is 11.7 Å². The third-order valence-electron chi connectivity index (χ3n) is 4.07. The van der Waals surface area contributed by atoms with Gasteiger partial charge in [-0.1, -0.05) is 20.8 Å². The van der Waals surface area contributed by atoms with Gasteiger partial charge in [-0.3, -0.25) is 0 Å². The van der Waals surface area contributed by atoms with Crippen molar-refractivity contribution in [1.29, 1.82) is 0 Å². The molecule has 27 heavy (non-hydrogen) atoms. The van der Waals surface area contributed by atoms with Crippen molar-refractivity contribution in [2.24, 2.45) is 22.2 Å². The fraction of sp³-hybridized carbons (Fsp3) is 0.471. The highest BCUT2D eigenvalue weighted by molar-refractivity contribution is 5.94. The number of rotatable bonds is 5. The van der Waals surface area contributed by atoms with E-state index in [4.69, 9.17) is 11.7 Å². The average molecular weight is 383 g/mol. The Kier molecular flexibility index (Phi) is 6.09. The van der Waals surface area contributed by atoms with Gasteiger partial charge in [0.1, 0.15) is 12.1 Å². The van der Waals surface area contributed by atoms with E-state index in [1.165, 1.54) is 12.4 Å². The molecule has 6 N–H and O–H groups in total. The number of hydrazone groups is 1. The third-order valence-corrected chi connectivity index (χ3v) is 4.07. The molecule has 1 aromatic heterocycles. The van der Waals surface area contributed by atoms with Gasteiger partial charge in [-0.05, 0) is 36.5 Å². The molecule has 1 atom stereocenters. The first-order valence-corrected chi connectivity index (χ1v) is 8.38. The molecule has 1 unspecified atom stereocenters. The van der Waals surface area contributed by atoms with Crippen molar-refractivity contribution in [2.45, 2.75) is 45.8 Å². The van der Waals surface area contributed by atoms with Crippen LogP contribution in [0, 0.1) is 5.41 Å². The van der Waals surface area contributed by atoms with E-state index in [2.05, 4.69) is 46.6 Å². The average Bonchev–Trinajstić information content (AvgIpc) is 2.58. The molecular weight excluding hydrogens is 359 g/mol. The smallest absolute Gasteiger partial charge is 0.359 e. The van der Waals surface area contributed by atoms with Gasteiger partial charge in [-0.15, -0.1) is 0 Å². The van der Waals surface area contributed by atoms with Crippen LogP contribution in [-0.4, -0.2) is 21.8 Å². The summed E-state index contributed by atoms with van der Waals surface area (Å²) in [6, 6.07) is 2.95. The first-order valence-electron chi connectivity index (χ1n) is 8.38. The molecule has 0 bridgehead atoms. The lowest BCUT2D eigenvalue weighted by molar-refractivity contribution is -0.137. The van der Waals surface area contributed by atoms with Gasteiger partial charge < -0.3 is 16.6 Å². The number of anilines is 1. The maximum Gasteiger partial charge on any atom is 0.416 e. The number of halogens is 3. The molecule has 0 saturated heterocycles. The molecule has 148 valence electrons. The fourth-order valence-electron chi connectivity index (χ4n) is 2.60. The molecule has 0 aliphatic rings. The Morgan fingerprint density at radius 1 is 1.22 bits per heavy atom. The number of hydrazine groups is 1. The van der Waals surface area contributed by atoms with Crippen molar-refractivity contribution in [1.82, 2.24) is 15.4 Å². The van der Waals surface area contributed by atoms with Crippen LogP contribution in [0.25, 0.3) is 10.9 Å². The molecule has 1 aromatic carbocycles. The molecule has 0 amide bonds. The number of nitrogens with two attached hydrogens (primary N) is 2. The highest BCUT2D eigenvalue weighted by atomic mass is 19.4. The summed E-state index contributed by atoms with van der Waals surface area (Å²) in [6.45, 7) is 6.29. The van der Waals surface area contributed by atoms with Crippen molar-refractivity contribution < 1.29 is 13.2 Å². The molecule has 0 spiro atoms. The molecule has 0 saturated carbocycles. The summed E-state index contributed by atoms with van der Waals surface area (Å²) in [4.78, 5) is 8.11. The zero-order valence-electron chi connectivity index (χ0n) is 15.4. The lowest BCUT2D eigenvalue weighted by Gasteiger charge is -2.25. The van der Waals surface area contributed by atoms with E-state index in [0.717, 1.165) is 18.6 Å². The van der Waals surface area contributed by atoms with Crippen LogP contribution in [-0.2, 0) is 6.18 Å². The van der Waals surface area contributed by atoms with Crippen molar-refractivity contribution in [3.8, 4) is 0 Å². The SMILES string of the molecule is CC(C)(C)CCC(Nc1ncnc2cc(C(F)(F)F)ccc12)/C(=N/N)NN. The number of nitrogens with one attached hydrogen (secondary N) is 2. The summed E-state index contributed by atoms with van der Waals surface area (Å²) < 4.78 is 38.8. The highest BCUT2D eigenvalue weighted by Crippen LogP contribution is 2.32. The molecular formula is C17H24F3N7. The van der Waals surface area contributed by atoms with Gasteiger partial charge in [0.05, 0.1) is 17.1 Å². The largest absolute Gasteiger partial charge is 0.416 e. The lowest BCUT2D eigenvalue weighted by atomic mass is 9.88. The molecule has 2 rings (SSSR count). The lowest BCUT2D eigenvalue weighted by Crippen LogP contribution is -2.44. The van der Waals surface area contributed by atoms with Crippen molar-refractivity contribution in [3.05, 3.63) is 30.1 Å². The fourth-order valence-corrected chi connectivity index (χ4v) is 2.60. The zero-order valence-corrected chi connectivity index (χ0v) is 15.4. The number of hydrogen-bond acceptors (Lipinski definition) is 6. The van der Waals surface area contributed by atoms with Crippen LogP contribution in [0.15, 0.2) is 29.6 Å². The molecule has 0 aliphatic heterocycles. The van der Waals surface area contributed by atoms with Gasteiger partial charge in [-0.2, -0.15) is 18.3 Å². The molecule has 7 nitrogen and oxygen atoms in total. The van der Waals surface area contributed by atoms with Crippen LogP contribution in [0.4, 0.5) is 19.0 Å². The van der Waals surface area contributed by atoms with Crippen LogP contribution < -0.4 is 22.4 Å². The van der Waals surface area contributed by atoms with Gasteiger partial charge in [-0.25, -0.2) is 15.8 Å². The van der Waals surface area contributed by atoms with Crippen LogP contribution in [0.3, 0.4) is 0 Å². The van der Waals surface area contributed by atoms with Gasteiger partial charge in [0.2, 0.25) is 0 Å². The Balaban J connectivity index is 2.37. The van der Waals surface area contributed by atoms with E-state index in [1.807, 2.05) is 0 Å². The Bertz CT molecular complexity index is 812. The van der Waals surface area contributed by atoms with Gasteiger partial charge in [0.25, 0.3) is 0 Å². The van der Waals surface area contributed by atoms with E-state index in [1.54, 1.807) is 0 Å². The third kappa shape index (κ3) is 5.43. The topological polar surface area (TPSA) is 114 Å². The number of alkyl halides is 3. The predicted octanol–water partition coefficient (Wildman–Crippen LogP) is 2.99. The minimum absolute atomic E-state index is 0.0591. The highest BCUT2D eigenvalue weighted by Gasteiger charge is 2.31. The standard InChI is InChI=1S/C17H24F3N7/c1-16(2,3)7-6-12(15(26-21)27-22)25-14-11-5-4-10(17(18,19)20)8-13(11)23-9-24-14/h4-5,8-9,12H,6-7,21-22H2,1-3H3,(H,26,27)(H,23,24,25). The Morgan fingerprint density at radius 3 is 2.48 bits per heavy atom. The zero-order chi connectivity index (χ0) is 20.2. The summed E-state index contributed by atoms with van der Waals surface area (Å²) >= 11 is 0. The second kappa shape index (κ2) is 7.95. The van der Waals surface area contributed by atoms with Crippen molar-refractivity contribution in [2.75, 3.05) is 5.32 Å². The van der Waals surface area contributed by atoms with E-state index in [0.29, 0.717) is 23.5 Å². The number of aromatic nitrogens is 2. The van der Waals surface area contributed by atoms with Crippen molar-refractivity contribution in [3.63, 3.8) is 0 Å². The quantitative estimate of drug-likeness (QED) is 0.273. The number of benzene rings is 1. The van der Waals surface area contributed by atoms with Gasteiger partial charge in [0, 0.05) is 5.39 Å². The molecule has 0 radical (unpaired) electrons. The number of fused-ring (bicyclic) bond motifs is 1. The monoisotopic (exact) mass is 383 g/mol. The molecule has 1 heterocycles. The minimum Gasteiger partial charge on any atom is -0.359 e. The first-order chi connectivity index (χ1) is 12.5. The summed E-state index contributed by atoms with van der Waals surface area (Å²) in [6.07, 6.45) is -1.77. The van der Waals surface area contributed by atoms with Crippen LogP contribution in [0.1, 0.15) is 39.2 Å². The number of nitrogens with zero attached hydrogens (tertiary/aromatic N) is 3. The second-order valence-electron chi connectivity index (χ2n) is 7.41. The molecule has 0 aliphatic carbocycles. The number of amidine groups is 1. The normalized spacial score (nSPS) is 14.3. The van der Waals surface area contributed by atoms with E-state index >= 15 is 0 Å². The first kappa shape index (κ1) is 20.7. The summed E-state index contributed by atoms with van der Waals surface area (Å²) in [5.74, 6) is 11.6. The maximum atomic E-state index is 12.9. The summed E-state index contributed by atoms with van der Waals surface area (Å²) in [5.41, 5.74) is 1.93. The van der Waals surface area contributed by atoms with Crippen LogP contribution in [0.2, 0.25) is 0 Å². The number of hydrogen-bond donors (Lipinski definition) is 4. The summed E-state index contributed by atoms with van der Waals surface area (Å²) in [7, 11) is 0. The van der Waals surface area contributed by atoms with Gasteiger partial charge >= 0.3 is 6.18 Å².